The first-order chi connectivity index (χ1) is 33.2. The number of nitro benzene ring substituents is 4. The second-order valence-electron chi connectivity index (χ2n) is 13.8. The second-order valence-corrected chi connectivity index (χ2v) is 19.5. The van der Waals surface area contributed by atoms with Crippen LogP contribution in [0.2, 0.25) is 0 Å². The van der Waals surface area contributed by atoms with Gasteiger partial charge in [0, 0.05) is 45.8 Å². The number of nitrogens with one attached hydrogen (secondary N) is 2. The van der Waals surface area contributed by atoms with Gasteiger partial charge in [0.2, 0.25) is 0 Å². The van der Waals surface area contributed by atoms with E-state index in [0.29, 0.717) is 36.4 Å². The van der Waals surface area contributed by atoms with Crippen LogP contribution in [0, 0.1) is 40.5 Å². The molecule has 0 saturated carbocycles. The maximum Gasteiger partial charge on any atom is 3.00 e. The van der Waals surface area contributed by atoms with Crippen molar-refractivity contribution in [1.29, 1.82) is 0 Å². The average molecular weight is 1140 g/mol. The summed E-state index contributed by atoms with van der Waals surface area (Å²) in [5, 5.41) is 111. The van der Waals surface area contributed by atoms with Gasteiger partial charge in [0.25, 0.3) is 63.2 Å². The smallest absolute Gasteiger partial charge is 0.871 e. The van der Waals surface area contributed by atoms with Crippen LogP contribution in [0.25, 0.3) is 21.5 Å². The molecule has 34 nitrogen and oxygen atoms in total. The Morgan fingerprint density at radius 3 is 1.00 bits per heavy atom. The molecule has 0 aromatic heterocycles. The van der Waals surface area contributed by atoms with Gasteiger partial charge in [-0.3, -0.25) is 58.7 Å². The van der Waals surface area contributed by atoms with E-state index in [1.54, 1.807) is 0 Å². The summed E-state index contributed by atoms with van der Waals surface area (Å²) in [5.41, 5.74) is -7.56. The molecular weight excluding hydrogens is 1110 g/mol. The Morgan fingerprint density at radius 1 is 0.438 bits per heavy atom. The van der Waals surface area contributed by atoms with Crippen molar-refractivity contribution in [2.45, 2.75) is 9.79 Å². The molecule has 0 heterocycles. The maximum atomic E-state index is 12.8. The van der Waals surface area contributed by atoms with Crippen LogP contribution in [0.4, 0.5) is 56.9 Å². The fourth-order valence-corrected chi connectivity index (χ4v) is 7.97. The van der Waals surface area contributed by atoms with E-state index in [-0.39, 0.29) is 51.7 Å². The fourth-order valence-electron chi connectivity index (χ4n) is 5.86. The van der Waals surface area contributed by atoms with Crippen LogP contribution in [0.1, 0.15) is 1.43 Å². The largest absolute Gasteiger partial charge is 3.00 e. The third-order valence-corrected chi connectivity index (χ3v) is 11.8. The molecule has 6 N–H and O–H groups in total. The van der Waals surface area contributed by atoms with Gasteiger partial charge < -0.3 is 31.1 Å². The molecule has 0 atom stereocenters. The zero-order valence-corrected chi connectivity index (χ0v) is 39.5. The van der Waals surface area contributed by atoms with Crippen molar-refractivity contribution in [3.8, 4) is 23.0 Å². The van der Waals surface area contributed by atoms with Crippen molar-refractivity contribution in [2.24, 2.45) is 20.5 Å². The van der Waals surface area contributed by atoms with Gasteiger partial charge >= 0.3 is 18.8 Å². The minimum Gasteiger partial charge on any atom is -0.871 e. The van der Waals surface area contributed by atoms with Gasteiger partial charge in [0.1, 0.15) is 21.5 Å². The van der Waals surface area contributed by atoms with E-state index in [1.807, 2.05) is 0 Å². The Kier molecular flexibility index (Phi) is 16.9. The van der Waals surface area contributed by atoms with Gasteiger partial charge in [0.15, 0.2) is 0 Å². The van der Waals surface area contributed by atoms with Gasteiger partial charge in [-0.1, -0.05) is 23.6 Å². The number of benzene rings is 6. The minimum atomic E-state index is -5.03. The van der Waals surface area contributed by atoms with E-state index in [0.717, 1.165) is 36.4 Å². The Hall–Kier alpha value is -8.39. The molecule has 0 saturated heterocycles. The molecule has 0 amide bonds. The van der Waals surface area contributed by atoms with Gasteiger partial charge in [-0.25, -0.2) is 0 Å². The van der Waals surface area contributed by atoms with Crippen LogP contribution in [0.3, 0.4) is 0 Å². The van der Waals surface area contributed by atoms with Gasteiger partial charge in [-0.05, 0) is 47.2 Å². The van der Waals surface area contributed by atoms with Crippen molar-refractivity contribution < 1.29 is 111 Å². The number of non-ortho nitro benzene ring substituents is 2. The Morgan fingerprint density at radius 2 is 0.740 bits per heavy atom. The molecule has 0 unspecified atom stereocenters. The first kappa shape index (κ1) is 57.2. The maximum absolute atomic E-state index is 12.8. The molecule has 6 aromatic rings. The molecular formula is C34H23CrN10O24S4. The molecule has 73 heavy (non-hydrogen) atoms. The van der Waals surface area contributed by atoms with Crippen molar-refractivity contribution in [3.63, 3.8) is 0 Å². The van der Waals surface area contributed by atoms with E-state index >= 15 is 0 Å². The molecule has 6 aromatic carbocycles. The molecule has 0 bridgehead atoms. The summed E-state index contributed by atoms with van der Waals surface area (Å²) in [7, 11) is -19.0. The molecule has 0 aliphatic rings. The predicted molar refractivity (Wildman–Crippen MR) is 234 cm³/mol. The number of azo groups is 2. The van der Waals surface area contributed by atoms with E-state index in [1.165, 1.54) is 0 Å². The average Bonchev–Trinajstić information content (AvgIpc) is 3.26. The van der Waals surface area contributed by atoms with Crippen LogP contribution in [0.5, 0.6) is 23.0 Å². The van der Waals surface area contributed by atoms with Crippen molar-refractivity contribution in [2.75, 3.05) is 22.4 Å². The van der Waals surface area contributed by atoms with Gasteiger partial charge in [-0.2, -0.15) is 54.1 Å². The molecule has 0 fully saturated rings. The third-order valence-electron chi connectivity index (χ3n) is 8.95. The van der Waals surface area contributed by atoms with Crippen LogP contribution < -0.4 is 31.1 Å². The first-order valence-electron chi connectivity index (χ1n) is 18.2. The van der Waals surface area contributed by atoms with E-state index in [9.17, 15) is 104 Å². The first-order valence-corrected chi connectivity index (χ1v) is 24.3. The second kappa shape index (κ2) is 21.5. The van der Waals surface area contributed by atoms with Gasteiger partial charge in [-0.15, -0.1) is 0 Å². The Labute approximate surface area is 416 Å². The molecule has 0 spiro atoms. The molecule has 6 rings (SSSR count). The number of hydrogen-bond donors (Lipinski definition) is 6. The summed E-state index contributed by atoms with van der Waals surface area (Å²) in [4.78, 5) is 37.9. The zero-order chi connectivity index (χ0) is 54.0. The van der Waals surface area contributed by atoms with E-state index in [4.69, 9.17) is 9.11 Å². The topological polar surface area (TPSA) is 556 Å². The van der Waals surface area contributed by atoms with E-state index < -0.39 is 150 Å². The molecule has 0 aliphatic carbocycles. The quantitative estimate of drug-likeness (QED) is 0.0349. The standard InChI is InChI=1S/2C17H13N5O12S2.Cr/c2*23-16-10-2-1-8(18-7-35(29,30)31)3-11(10)15(36(32,33)34)6-13(16)20-19-12-4-9(21(25)26)5-14(17(12)24)22(27)28;/h2*1-6,18,23-24H,7H2,(H,29,30,31)(H,32,33,34);/q;;+3/p-3. The molecule has 39 heteroatoms. The zero-order valence-electron chi connectivity index (χ0n) is 35.9. The number of nitrogens with zero attached hydrogens (tertiary/aromatic N) is 8. The van der Waals surface area contributed by atoms with Gasteiger partial charge in [0.05, 0.1) is 54.6 Å². The molecule has 1 radical (unpaired) electrons. The van der Waals surface area contributed by atoms with Crippen molar-refractivity contribution in [3.05, 3.63) is 113 Å². The monoisotopic (exact) mass is 1130 g/mol. The van der Waals surface area contributed by atoms with Crippen LogP contribution in [-0.2, 0) is 57.8 Å². The SMILES string of the molecule is O=[N+]([O-])c1cc(N=Nc2cc(S(=O)(=O)O)c3cc(NCS(=O)(=O)O)ccc3c2[O-])c([O-])c([N+](=O)[O-])c1.O=[N+]([O-])c1cc(N=Nc2cc(S(=O)(=O)O)c3cc(NCS(=O)(=O)O)ccc3c2[O-])c([O-])c([N+](=O)[O-])c1.[Cr+3].[H+]. The fraction of sp³-hybridized carbons (Fsp3) is 0.0588. The number of hydrogen-bond acceptors (Lipinski definition) is 26. The predicted octanol–water partition coefficient (Wildman–Crippen LogP) is 3.56. The molecule has 383 valence electrons. The minimum absolute atomic E-state index is 0. The summed E-state index contributed by atoms with van der Waals surface area (Å²) in [6.07, 6.45) is 0. The summed E-state index contributed by atoms with van der Waals surface area (Å²) in [5.74, 6) is -6.63. The number of anilines is 2. The summed E-state index contributed by atoms with van der Waals surface area (Å²) in [6, 6.07) is 9.38. The van der Waals surface area contributed by atoms with E-state index in [2.05, 4.69) is 31.1 Å². The van der Waals surface area contributed by atoms with Crippen LogP contribution in [0.15, 0.2) is 103 Å². The number of rotatable bonds is 16. The van der Waals surface area contributed by atoms with Crippen molar-refractivity contribution >= 4 is 119 Å². The van der Waals surface area contributed by atoms with Crippen LogP contribution >= 0.6 is 0 Å². The summed E-state index contributed by atoms with van der Waals surface area (Å²) in [6.45, 7) is 0. The molecule has 0 aliphatic heterocycles. The Bertz CT molecular complexity index is 3600. The summed E-state index contributed by atoms with van der Waals surface area (Å²) >= 11 is 0. The Balaban J connectivity index is 0.000000380. The summed E-state index contributed by atoms with van der Waals surface area (Å²) < 4.78 is 128. The normalized spacial score (nSPS) is 12.0. The third kappa shape index (κ3) is 13.9. The number of fused-ring (bicyclic) bond motifs is 2. The van der Waals surface area contributed by atoms with Crippen LogP contribution in [-0.4, -0.2) is 83.3 Å². The number of nitro groups is 4. The van der Waals surface area contributed by atoms with Crippen molar-refractivity contribution in [1.82, 2.24) is 0 Å².